The number of hydrogen-bond acceptors (Lipinski definition) is 4. The van der Waals surface area contributed by atoms with Gasteiger partial charge in [0.05, 0.1) is 9.95 Å². The van der Waals surface area contributed by atoms with Crippen LogP contribution >= 0.6 is 11.6 Å². The minimum absolute atomic E-state index is 0.0863. The van der Waals surface area contributed by atoms with Crippen LogP contribution < -0.4 is 0 Å². The second-order valence-electron chi connectivity index (χ2n) is 2.78. The van der Waals surface area contributed by atoms with Crippen LogP contribution in [0.1, 0.15) is 5.56 Å². The Bertz CT molecular complexity index is 524. The van der Waals surface area contributed by atoms with Crippen molar-refractivity contribution in [3.05, 3.63) is 32.8 Å². The van der Waals surface area contributed by atoms with Gasteiger partial charge >= 0.3 is 0 Å². The molecule has 0 aliphatic rings. The molecular weight excluding hydrogens is 246 g/mol. The van der Waals surface area contributed by atoms with Crippen LogP contribution in [0.25, 0.3) is 0 Å². The van der Waals surface area contributed by atoms with E-state index < -0.39 is 25.6 Å². The van der Waals surface area contributed by atoms with Crippen LogP contribution in [-0.2, 0) is 10.1 Å². The van der Waals surface area contributed by atoms with Gasteiger partial charge in [-0.2, -0.15) is 8.42 Å². The number of benzene rings is 1. The third-order valence-electron chi connectivity index (χ3n) is 1.78. The Morgan fingerprint density at radius 3 is 2.40 bits per heavy atom. The van der Waals surface area contributed by atoms with E-state index in [2.05, 4.69) is 0 Å². The molecule has 0 saturated carbocycles. The number of nitrogens with zero attached hydrogens (tertiary/aromatic N) is 1. The standard InChI is InChI=1S/C7H6ClNO5S/c1-4-6(8)2-5(15(12,13)14)3-7(4)9(10)11/h2-3H,1H3,(H,12,13,14). The smallest absolute Gasteiger partial charge is 0.282 e. The highest BCUT2D eigenvalue weighted by molar-refractivity contribution is 7.85. The summed E-state index contributed by atoms with van der Waals surface area (Å²) >= 11 is 5.59. The molecule has 6 nitrogen and oxygen atoms in total. The highest BCUT2D eigenvalue weighted by Crippen LogP contribution is 2.29. The molecule has 0 amide bonds. The van der Waals surface area contributed by atoms with E-state index in [0.717, 1.165) is 12.1 Å². The van der Waals surface area contributed by atoms with Crippen LogP contribution in [0.4, 0.5) is 5.69 Å². The van der Waals surface area contributed by atoms with Crippen molar-refractivity contribution in [2.75, 3.05) is 0 Å². The van der Waals surface area contributed by atoms with Crippen LogP contribution in [0.15, 0.2) is 17.0 Å². The van der Waals surface area contributed by atoms with Crippen molar-refractivity contribution >= 4 is 27.4 Å². The fraction of sp³-hybridized carbons (Fsp3) is 0.143. The topological polar surface area (TPSA) is 97.5 Å². The molecule has 0 fully saturated rings. The SMILES string of the molecule is Cc1c(Cl)cc(S(=O)(=O)O)cc1[N+](=O)[O-]. The van der Waals surface area contributed by atoms with Gasteiger partial charge in [0, 0.05) is 11.6 Å². The maximum Gasteiger partial charge on any atom is 0.294 e. The van der Waals surface area contributed by atoms with Crippen LogP contribution in [0, 0.1) is 17.0 Å². The highest BCUT2D eigenvalue weighted by atomic mass is 35.5. The van der Waals surface area contributed by atoms with Crippen molar-refractivity contribution in [2.45, 2.75) is 11.8 Å². The van der Waals surface area contributed by atoms with E-state index in [1.807, 2.05) is 0 Å². The highest BCUT2D eigenvalue weighted by Gasteiger charge is 2.20. The van der Waals surface area contributed by atoms with E-state index in [9.17, 15) is 18.5 Å². The summed E-state index contributed by atoms with van der Waals surface area (Å²) in [6.45, 7) is 1.38. The minimum atomic E-state index is -4.49. The molecule has 0 aliphatic carbocycles. The van der Waals surface area contributed by atoms with Crippen LogP contribution in [-0.4, -0.2) is 17.9 Å². The first-order valence-corrected chi connectivity index (χ1v) is 5.47. The average molecular weight is 252 g/mol. The molecule has 1 aromatic rings. The molecule has 1 rings (SSSR count). The first-order chi connectivity index (χ1) is 6.73. The Labute approximate surface area is 90.4 Å². The van der Waals surface area contributed by atoms with E-state index in [1.54, 1.807) is 0 Å². The zero-order valence-corrected chi connectivity index (χ0v) is 9.04. The van der Waals surface area contributed by atoms with E-state index >= 15 is 0 Å². The Morgan fingerprint density at radius 1 is 1.47 bits per heavy atom. The normalized spacial score (nSPS) is 11.4. The van der Waals surface area contributed by atoms with Crippen LogP contribution in [0.3, 0.4) is 0 Å². The summed E-state index contributed by atoms with van der Waals surface area (Å²) in [6.07, 6.45) is 0. The van der Waals surface area contributed by atoms with Gasteiger partial charge in [0.1, 0.15) is 4.90 Å². The molecule has 1 aromatic carbocycles. The molecule has 0 bridgehead atoms. The monoisotopic (exact) mass is 251 g/mol. The van der Waals surface area contributed by atoms with E-state index in [0.29, 0.717) is 0 Å². The molecule has 1 N–H and O–H groups in total. The van der Waals surface area contributed by atoms with Crippen LogP contribution in [0.5, 0.6) is 0 Å². The third-order valence-corrected chi connectivity index (χ3v) is 3.01. The van der Waals surface area contributed by atoms with Crippen molar-refractivity contribution in [1.82, 2.24) is 0 Å². The Kier molecular flexibility index (Phi) is 2.98. The zero-order valence-electron chi connectivity index (χ0n) is 7.47. The molecule has 0 saturated heterocycles. The number of hydrogen-bond donors (Lipinski definition) is 1. The van der Waals surface area contributed by atoms with Gasteiger partial charge in [-0.1, -0.05) is 11.6 Å². The lowest BCUT2D eigenvalue weighted by Gasteiger charge is -2.02. The summed E-state index contributed by atoms with van der Waals surface area (Å²) in [5, 5.41) is 10.4. The van der Waals surface area contributed by atoms with Gasteiger partial charge in [0.2, 0.25) is 0 Å². The molecule has 0 radical (unpaired) electrons. The molecule has 0 unspecified atom stereocenters. The first-order valence-electron chi connectivity index (χ1n) is 3.65. The van der Waals surface area contributed by atoms with Gasteiger partial charge in [-0.3, -0.25) is 14.7 Å². The average Bonchev–Trinajstić information content (AvgIpc) is 2.06. The largest absolute Gasteiger partial charge is 0.294 e. The fourth-order valence-corrected chi connectivity index (χ4v) is 1.79. The molecule has 0 heterocycles. The molecule has 0 spiro atoms. The van der Waals surface area contributed by atoms with Crippen LogP contribution in [0.2, 0.25) is 5.02 Å². The quantitative estimate of drug-likeness (QED) is 0.491. The van der Waals surface area contributed by atoms with E-state index in [-0.39, 0.29) is 10.6 Å². The molecule has 0 aliphatic heterocycles. The minimum Gasteiger partial charge on any atom is -0.282 e. The van der Waals surface area contributed by atoms with E-state index in [1.165, 1.54) is 6.92 Å². The van der Waals surface area contributed by atoms with Gasteiger partial charge in [-0.15, -0.1) is 0 Å². The van der Waals surface area contributed by atoms with Gasteiger partial charge < -0.3 is 0 Å². The fourth-order valence-electron chi connectivity index (χ4n) is 0.979. The lowest BCUT2D eigenvalue weighted by atomic mass is 10.2. The maximum atomic E-state index is 10.7. The van der Waals surface area contributed by atoms with Crippen molar-refractivity contribution < 1.29 is 17.9 Å². The lowest BCUT2D eigenvalue weighted by molar-refractivity contribution is -0.385. The number of rotatable bonds is 2. The molecule has 8 heteroatoms. The van der Waals surface area contributed by atoms with Crippen molar-refractivity contribution in [2.24, 2.45) is 0 Å². The Morgan fingerprint density at radius 2 is 2.00 bits per heavy atom. The predicted molar refractivity (Wildman–Crippen MR) is 52.7 cm³/mol. The molecular formula is C7H6ClNO5S. The Balaban J connectivity index is 3.57. The van der Waals surface area contributed by atoms with Gasteiger partial charge in [0.25, 0.3) is 15.8 Å². The summed E-state index contributed by atoms with van der Waals surface area (Å²) in [7, 11) is -4.49. The summed E-state index contributed by atoms with van der Waals surface area (Å²) in [5.41, 5.74) is -0.302. The summed E-state index contributed by atoms with van der Waals surface area (Å²) in [6, 6.07) is 1.72. The summed E-state index contributed by atoms with van der Waals surface area (Å²) in [4.78, 5) is 9.16. The lowest BCUT2D eigenvalue weighted by Crippen LogP contribution is -2.01. The maximum absolute atomic E-state index is 10.7. The van der Waals surface area contributed by atoms with E-state index in [4.69, 9.17) is 16.2 Å². The zero-order chi connectivity index (χ0) is 11.8. The Hall–Kier alpha value is -1.18. The predicted octanol–water partition coefficient (Wildman–Crippen LogP) is 1.80. The van der Waals surface area contributed by atoms with Crippen molar-refractivity contribution in [1.29, 1.82) is 0 Å². The van der Waals surface area contributed by atoms with Gasteiger partial charge in [-0.25, -0.2) is 0 Å². The number of nitro groups is 1. The second-order valence-corrected chi connectivity index (χ2v) is 4.61. The molecule has 0 atom stereocenters. The van der Waals surface area contributed by atoms with Crippen molar-refractivity contribution in [3.63, 3.8) is 0 Å². The van der Waals surface area contributed by atoms with Crippen molar-refractivity contribution in [3.8, 4) is 0 Å². The van der Waals surface area contributed by atoms with Gasteiger partial charge in [0.15, 0.2) is 0 Å². The summed E-state index contributed by atoms with van der Waals surface area (Å²) in [5.74, 6) is 0. The first kappa shape index (κ1) is 11.9. The number of nitro benzene ring substituents is 1. The third kappa shape index (κ3) is 2.44. The second kappa shape index (κ2) is 3.76. The summed E-state index contributed by atoms with van der Waals surface area (Å²) < 4.78 is 30.2. The number of halogens is 1. The van der Waals surface area contributed by atoms with Gasteiger partial charge in [-0.05, 0) is 13.0 Å². The molecule has 15 heavy (non-hydrogen) atoms. The molecule has 0 aromatic heterocycles. The molecule has 82 valence electrons.